The number of phenolic OH excluding ortho intramolecular Hbond substituents is 1. The average molecular weight is 347 g/mol. The van der Waals surface area contributed by atoms with Gasteiger partial charge in [0.15, 0.2) is 5.88 Å². The van der Waals surface area contributed by atoms with Crippen molar-refractivity contribution in [3.8, 4) is 17.0 Å². The Labute approximate surface area is 150 Å². The third-order valence-corrected chi connectivity index (χ3v) is 4.20. The first-order valence-electron chi connectivity index (χ1n) is 8.16. The van der Waals surface area contributed by atoms with Gasteiger partial charge in [-0.2, -0.15) is 0 Å². The molecule has 1 unspecified atom stereocenters. The summed E-state index contributed by atoms with van der Waals surface area (Å²) in [5, 5.41) is 12.3. The summed E-state index contributed by atoms with van der Waals surface area (Å²) in [6.07, 6.45) is 0.858. The summed E-state index contributed by atoms with van der Waals surface area (Å²) < 4.78 is 7.48. The molecule has 1 atom stereocenters. The van der Waals surface area contributed by atoms with Crippen molar-refractivity contribution in [3.63, 3.8) is 0 Å². The maximum atomic E-state index is 12.3. The normalized spacial score (nSPS) is 16.4. The first kappa shape index (κ1) is 16.0. The van der Waals surface area contributed by atoms with E-state index in [1.807, 2.05) is 41.0 Å². The van der Waals surface area contributed by atoms with Gasteiger partial charge in [0.1, 0.15) is 5.75 Å². The van der Waals surface area contributed by atoms with E-state index in [4.69, 9.17) is 4.74 Å². The minimum Gasteiger partial charge on any atom is -0.508 e. The van der Waals surface area contributed by atoms with Crippen LogP contribution in [0.25, 0.3) is 11.3 Å². The van der Waals surface area contributed by atoms with Gasteiger partial charge in [-0.25, -0.2) is 4.98 Å². The lowest BCUT2D eigenvalue weighted by Gasteiger charge is -2.14. The first-order chi connectivity index (χ1) is 12.6. The van der Waals surface area contributed by atoms with Gasteiger partial charge in [0, 0.05) is 12.1 Å². The lowest BCUT2D eigenvalue weighted by atomic mass is 10.1. The molecule has 26 heavy (non-hydrogen) atoms. The number of carbonyl (C=O) groups is 1. The van der Waals surface area contributed by atoms with E-state index < -0.39 is 6.10 Å². The molecule has 130 valence electrons. The van der Waals surface area contributed by atoms with Gasteiger partial charge in [-0.1, -0.05) is 42.5 Å². The van der Waals surface area contributed by atoms with Crippen LogP contribution in [0, 0.1) is 0 Å². The standard InChI is InChI=1S/C20H17N3O3/c1-13-22-20(25)19(26-13)18-17(15-7-3-2-4-8-15)21-12-23(18)11-14-6-5-9-16(24)10-14/h2-10,12,19,24H,1,11H2,(H,22,25). The molecule has 0 radical (unpaired) electrons. The highest BCUT2D eigenvalue weighted by atomic mass is 16.5. The lowest BCUT2D eigenvalue weighted by Crippen LogP contribution is -2.20. The SMILES string of the molecule is C=C1NC(=O)C(c2c(-c3ccccc3)ncn2Cc2cccc(O)c2)O1. The summed E-state index contributed by atoms with van der Waals surface area (Å²) in [5.41, 5.74) is 3.11. The lowest BCUT2D eigenvalue weighted by molar-refractivity contribution is -0.123. The van der Waals surface area contributed by atoms with Crippen LogP contribution in [0.3, 0.4) is 0 Å². The van der Waals surface area contributed by atoms with Crippen molar-refractivity contribution in [2.24, 2.45) is 0 Å². The van der Waals surface area contributed by atoms with Crippen LogP contribution in [-0.2, 0) is 16.1 Å². The summed E-state index contributed by atoms with van der Waals surface area (Å²) in [6.45, 7) is 4.12. The number of hydrogen-bond acceptors (Lipinski definition) is 4. The number of benzene rings is 2. The zero-order chi connectivity index (χ0) is 18.1. The average Bonchev–Trinajstić information content (AvgIpc) is 3.18. The number of nitrogens with one attached hydrogen (secondary N) is 1. The van der Waals surface area contributed by atoms with Crippen LogP contribution in [0.15, 0.2) is 73.4 Å². The summed E-state index contributed by atoms with van der Waals surface area (Å²) in [6, 6.07) is 16.6. The fourth-order valence-corrected chi connectivity index (χ4v) is 3.07. The van der Waals surface area contributed by atoms with Crippen LogP contribution in [0.5, 0.6) is 5.75 Å². The van der Waals surface area contributed by atoms with E-state index >= 15 is 0 Å². The Balaban J connectivity index is 1.80. The van der Waals surface area contributed by atoms with Gasteiger partial charge >= 0.3 is 0 Å². The predicted octanol–water partition coefficient (Wildman–Crippen LogP) is 2.96. The molecule has 1 fully saturated rings. The van der Waals surface area contributed by atoms with E-state index in [2.05, 4.69) is 16.9 Å². The van der Waals surface area contributed by atoms with E-state index in [0.717, 1.165) is 11.1 Å². The van der Waals surface area contributed by atoms with Crippen LogP contribution in [0.1, 0.15) is 17.4 Å². The zero-order valence-corrected chi connectivity index (χ0v) is 13.9. The quantitative estimate of drug-likeness (QED) is 0.761. The number of carbonyl (C=O) groups excluding carboxylic acids is 1. The monoisotopic (exact) mass is 347 g/mol. The molecule has 2 aromatic carbocycles. The molecule has 4 rings (SSSR count). The predicted molar refractivity (Wildman–Crippen MR) is 96.0 cm³/mol. The van der Waals surface area contributed by atoms with Gasteiger partial charge in [-0.05, 0) is 24.3 Å². The molecular formula is C20H17N3O3. The summed E-state index contributed by atoms with van der Waals surface area (Å²) in [7, 11) is 0. The van der Waals surface area contributed by atoms with E-state index in [9.17, 15) is 9.90 Å². The molecular weight excluding hydrogens is 330 g/mol. The topological polar surface area (TPSA) is 76.4 Å². The highest BCUT2D eigenvalue weighted by molar-refractivity contribution is 5.87. The summed E-state index contributed by atoms with van der Waals surface area (Å²) >= 11 is 0. The molecule has 3 aromatic rings. The molecule has 1 saturated heterocycles. The highest BCUT2D eigenvalue weighted by Gasteiger charge is 2.35. The number of imidazole rings is 1. The molecule has 1 aromatic heterocycles. The van der Waals surface area contributed by atoms with Crippen molar-refractivity contribution in [1.82, 2.24) is 14.9 Å². The maximum absolute atomic E-state index is 12.3. The van der Waals surface area contributed by atoms with Gasteiger partial charge in [0.05, 0.1) is 17.7 Å². The minimum atomic E-state index is -0.822. The second-order valence-electron chi connectivity index (χ2n) is 6.05. The van der Waals surface area contributed by atoms with E-state index in [-0.39, 0.29) is 17.5 Å². The minimum absolute atomic E-state index is 0.190. The molecule has 1 aliphatic heterocycles. The number of ether oxygens (including phenoxy) is 1. The Hall–Kier alpha value is -3.54. The second-order valence-corrected chi connectivity index (χ2v) is 6.05. The molecule has 1 aliphatic rings. The third-order valence-electron chi connectivity index (χ3n) is 4.20. The molecule has 6 heteroatoms. The number of aromatic nitrogens is 2. The van der Waals surface area contributed by atoms with Crippen LogP contribution in [0.4, 0.5) is 0 Å². The van der Waals surface area contributed by atoms with Crippen molar-refractivity contribution in [3.05, 3.63) is 84.6 Å². The van der Waals surface area contributed by atoms with E-state index in [1.54, 1.807) is 24.5 Å². The Morgan fingerprint density at radius 3 is 2.69 bits per heavy atom. The highest BCUT2D eigenvalue weighted by Crippen LogP contribution is 2.33. The van der Waals surface area contributed by atoms with Gasteiger partial charge in [0.2, 0.25) is 6.10 Å². The van der Waals surface area contributed by atoms with Crippen LogP contribution in [-0.4, -0.2) is 20.6 Å². The summed E-state index contributed by atoms with van der Waals surface area (Å²) in [4.78, 5) is 16.9. The zero-order valence-electron chi connectivity index (χ0n) is 13.9. The number of amides is 1. The smallest absolute Gasteiger partial charge is 0.274 e. The molecule has 0 aliphatic carbocycles. The number of rotatable bonds is 4. The van der Waals surface area contributed by atoms with Crippen LogP contribution in [0.2, 0.25) is 0 Å². The van der Waals surface area contributed by atoms with Crippen molar-refractivity contribution >= 4 is 5.91 Å². The fraction of sp³-hybridized carbons (Fsp3) is 0.100. The largest absolute Gasteiger partial charge is 0.508 e. The van der Waals surface area contributed by atoms with Crippen molar-refractivity contribution in [2.45, 2.75) is 12.6 Å². The molecule has 0 saturated carbocycles. The molecule has 0 bridgehead atoms. The number of phenols is 1. The first-order valence-corrected chi connectivity index (χ1v) is 8.16. The van der Waals surface area contributed by atoms with Crippen LogP contribution >= 0.6 is 0 Å². The van der Waals surface area contributed by atoms with Crippen LogP contribution < -0.4 is 5.32 Å². The maximum Gasteiger partial charge on any atom is 0.274 e. The second kappa shape index (κ2) is 6.40. The molecule has 2 N–H and O–H groups in total. The molecule has 0 spiro atoms. The Morgan fingerprint density at radius 2 is 2.00 bits per heavy atom. The number of aromatic hydroxyl groups is 1. The van der Waals surface area contributed by atoms with E-state index in [1.165, 1.54) is 0 Å². The molecule has 6 nitrogen and oxygen atoms in total. The van der Waals surface area contributed by atoms with E-state index in [0.29, 0.717) is 17.9 Å². The summed E-state index contributed by atoms with van der Waals surface area (Å²) in [5.74, 6) is 0.143. The van der Waals surface area contributed by atoms with Gasteiger partial charge in [-0.15, -0.1) is 0 Å². The number of hydrogen-bond donors (Lipinski definition) is 2. The Kier molecular flexibility index (Phi) is 3.93. The third kappa shape index (κ3) is 2.93. The van der Waals surface area contributed by atoms with Crippen molar-refractivity contribution in [2.75, 3.05) is 0 Å². The van der Waals surface area contributed by atoms with Gasteiger partial charge in [0.25, 0.3) is 5.91 Å². The Morgan fingerprint density at radius 1 is 1.19 bits per heavy atom. The van der Waals surface area contributed by atoms with Crippen molar-refractivity contribution < 1.29 is 14.6 Å². The Bertz CT molecular complexity index is 979. The molecule has 1 amide bonds. The van der Waals surface area contributed by atoms with Gasteiger partial charge < -0.3 is 14.4 Å². The fourth-order valence-electron chi connectivity index (χ4n) is 3.07. The van der Waals surface area contributed by atoms with Crippen molar-refractivity contribution in [1.29, 1.82) is 0 Å². The number of nitrogens with zero attached hydrogens (tertiary/aromatic N) is 2. The van der Waals surface area contributed by atoms with Gasteiger partial charge in [-0.3, -0.25) is 10.1 Å². The molecule has 2 heterocycles.